The van der Waals surface area contributed by atoms with E-state index in [1.54, 1.807) is 22.4 Å². The molecule has 1 N–H and O–H groups in total. The highest BCUT2D eigenvalue weighted by molar-refractivity contribution is 9.10. The van der Waals surface area contributed by atoms with Crippen LogP contribution in [0.4, 0.5) is 0 Å². The smallest absolute Gasteiger partial charge is 0.295 e. The monoisotopic (exact) mass is 524 g/mol. The topological polar surface area (TPSA) is 87.4 Å². The molecule has 0 bridgehead atoms. The van der Waals surface area contributed by atoms with Gasteiger partial charge in [-0.15, -0.1) is 0 Å². The highest BCUT2D eigenvalue weighted by Crippen LogP contribution is 2.40. The summed E-state index contributed by atoms with van der Waals surface area (Å²) in [6.45, 7) is 5.65. The average Bonchev–Trinajstić information content (AvgIpc) is 3.31. The van der Waals surface area contributed by atoms with Gasteiger partial charge in [-0.3, -0.25) is 18.9 Å². The van der Waals surface area contributed by atoms with Gasteiger partial charge < -0.3 is 14.7 Å². The summed E-state index contributed by atoms with van der Waals surface area (Å²) in [7, 11) is 0. The minimum Gasteiger partial charge on any atom is -0.505 e. The first kappa shape index (κ1) is 22.8. The quantitative estimate of drug-likeness (QED) is 0.313. The van der Waals surface area contributed by atoms with Crippen molar-refractivity contribution in [3.05, 3.63) is 75.7 Å². The Morgan fingerprint density at radius 3 is 2.71 bits per heavy atom. The standard InChI is InChI=1S/C25H25BrN4O4/c1-16-21(29-8-3-2-7-19(29)27-16)23(31)20-22(17-5-4-6-18(26)15-17)30(25(33)24(20)32)10-9-28-11-13-34-14-12-28/h2-8,15,22,31H,9-14H2,1H3. The maximum Gasteiger partial charge on any atom is 0.295 e. The minimum absolute atomic E-state index is 0.0823. The zero-order valence-corrected chi connectivity index (χ0v) is 20.4. The van der Waals surface area contributed by atoms with Gasteiger partial charge in [-0.2, -0.15) is 0 Å². The first-order valence-corrected chi connectivity index (χ1v) is 12.0. The summed E-state index contributed by atoms with van der Waals surface area (Å²) in [6, 6.07) is 12.3. The van der Waals surface area contributed by atoms with Crippen molar-refractivity contribution in [3.63, 3.8) is 0 Å². The van der Waals surface area contributed by atoms with Gasteiger partial charge in [0.15, 0.2) is 5.76 Å². The lowest BCUT2D eigenvalue weighted by atomic mass is 9.96. The molecule has 0 aliphatic carbocycles. The maximum atomic E-state index is 13.3. The number of benzene rings is 1. The number of amides is 1. The molecular formula is C25H25BrN4O4. The number of carbonyl (C=O) groups excluding carboxylic acids is 2. The third-order valence-electron chi connectivity index (χ3n) is 6.39. The molecule has 0 radical (unpaired) electrons. The number of imidazole rings is 1. The van der Waals surface area contributed by atoms with Crippen LogP contribution >= 0.6 is 15.9 Å². The lowest BCUT2D eigenvalue weighted by molar-refractivity contribution is -0.140. The number of morpholine rings is 1. The molecule has 0 saturated carbocycles. The average molecular weight is 525 g/mol. The number of halogens is 1. The van der Waals surface area contributed by atoms with E-state index in [4.69, 9.17) is 4.74 Å². The molecule has 34 heavy (non-hydrogen) atoms. The van der Waals surface area contributed by atoms with Crippen molar-refractivity contribution >= 4 is 39.0 Å². The molecule has 1 aromatic carbocycles. The van der Waals surface area contributed by atoms with E-state index in [0.29, 0.717) is 43.3 Å². The Kier molecular flexibility index (Phi) is 6.24. The Morgan fingerprint density at radius 2 is 1.94 bits per heavy atom. The highest BCUT2D eigenvalue weighted by atomic mass is 79.9. The fourth-order valence-electron chi connectivity index (χ4n) is 4.73. The SMILES string of the molecule is Cc1nc2ccccn2c1C(O)=C1C(=O)C(=O)N(CCN2CCOCC2)C1c1cccc(Br)c1. The maximum absolute atomic E-state index is 13.3. The minimum atomic E-state index is -0.702. The Morgan fingerprint density at radius 1 is 1.15 bits per heavy atom. The third-order valence-corrected chi connectivity index (χ3v) is 6.89. The second-order valence-electron chi connectivity index (χ2n) is 8.48. The number of fused-ring (bicyclic) bond motifs is 1. The lowest BCUT2D eigenvalue weighted by Gasteiger charge is -2.31. The van der Waals surface area contributed by atoms with Gasteiger partial charge >= 0.3 is 0 Å². The molecular weight excluding hydrogens is 500 g/mol. The van der Waals surface area contributed by atoms with Gasteiger partial charge in [0.2, 0.25) is 0 Å². The van der Waals surface area contributed by atoms with Gasteiger partial charge in [0.1, 0.15) is 11.3 Å². The number of likely N-dealkylation sites (tertiary alicyclic amines) is 1. The van der Waals surface area contributed by atoms with Crippen LogP contribution in [-0.4, -0.2) is 75.4 Å². The van der Waals surface area contributed by atoms with Crippen molar-refractivity contribution < 1.29 is 19.4 Å². The van der Waals surface area contributed by atoms with Crippen LogP contribution < -0.4 is 0 Å². The van der Waals surface area contributed by atoms with E-state index < -0.39 is 17.7 Å². The molecule has 2 fully saturated rings. The number of aliphatic hydroxyl groups is 1. The first-order chi connectivity index (χ1) is 16.5. The number of aryl methyl sites for hydroxylation is 1. The molecule has 2 aromatic heterocycles. The summed E-state index contributed by atoms with van der Waals surface area (Å²) in [5, 5.41) is 11.5. The van der Waals surface area contributed by atoms with Gasteiger partial charge in [-0.1, -0.05) is 34.1 Å². The van der Waals surface area contributed by atoms with Crippen LogP contribution in [-0.2, 0) is 14.3 Å². The zero-order chi connectivity index (χ0) is 23.8. The van der Waals surface area contributed by atoms with Gasteiger partial charge in [0.25, 0.3) is 11.7 Å². The van der Waals surface area contributed by atoms with Crippen LogP contribution in [0.2, 0.25) is 0 Å². The van der Waals surface area contributed by atoms with E-state index >= 15 is 0 Å². The number of ether oxygens (including phenoxy) is 1. The number of pyridine rings is 1. The number of ketones is 1. The molecule has 3 aromatic rings. The van der Waals surface area contributed by atoms with Crippen molar-refractivity contribution in [2.24, 2.45) is 0 Å². The van der Waals surface area contributed by atoms with Crippen LogP contribution in [0.3, 0.4) is 0 Å². The van der Waals surface area contributed by atoms with Gasteiger partial charge in [0, 0.05) is 36.8 Å². The predicted molar refractivity (Wildman–Crippen MR) is 130 cm³/mol. The number of rotatable bonds is 5. The molecule has 9 heteroatoms. The normalized spacial score (nSPS) is 21.0. The molecule has 0 spiro atoms. The number of Topliss-reactive ketones (excluding diaryl/α,β-unsaturated/α-hetero) is 1. The van der Waals surface area contributed by atoms with E-state index in [0.717, 1.165) is 23.1 Å². The number of nitrogens with zero attached hydrogens (tertiary/aromatic N) is 4. The molecule has 1 unspecified atom stereocenters. The van der Waals surface area contributed by atoms with Crippen LogP contribution in [0.5, 0.6) is 0 Å². The Hall–Kier alpha value is -3.01. The number of aromatic nitrogens is 2. The first-order valence-electron chi connectivity index (χ1n) is 11.2. The lowest BCUT2D eigenvalue weighted by Crippen LogP contribution is -2.42. The molecule has 8 nitrogen and oxygen atoms in total. The summed E-state index contributed by atoms with van der Waals surface area (Å²) < 4.78 is 7.99. The van der Waals surface area contributed by atoms with Crippen molar-refractivity contribution in [1.29, 1.82) is 0 Å². The fraction of sp³-hybridized carbons (Fsp3) is 0.320. The zero-order valence-electron chi connectivity index (χ0n) is 18.8. The van der Waals surface area contributed by atoms with E-state index in [2.05, 4.69) is 25.8 Å². The molecule has 1 amide bonds. The molecule has 176 valence electrons. The fourth-order valence-corrected chi connectivity index (χ4v) is 5.15. The van der Waals surface area contributed by atoms with Crippen LogP contribution in [0.25, 0.3) is 11.4 Å². The molecule has 4 heterocycles. The van der Waals surface area contributed by atoms with E-state index in [1.807, 2.05) is 42.5 Å². The molecule has 2 aliphatic heterocycles. The molecule has 5 rings (SSSR count). The Bertz CT molecular complexity index is 1300. The number of hydrogen-bond donors (Lipinski definition) is 1. The molecule has 2 saturated heterocycles. The second-order valence-corrected chi connectivity index (χ2v) is 9.39. The van der Waals surface area contributed by atoms with Gasteiger partial charge in [-0.25, -0.2) is 4.98 Å². The Balaban J connectivity index is 1.61. The van der Waals surface area contributed by atoms with Crippen molar-refractivity contribution in [3.8, 4) is 0 Å². The summed E-state index contributed by atoms with van der Waals surface area (Å²) in [6.07, 6.45) is 1.78. The number of hydrogen-bond acceptors (Lipinski definition) is 6. The van der Waals surface area contributed by atoms with E-state index in [1.165, 1.54) is 0 Å². The molecule has 2 aliphatic rings. The van der Waals surface area contributed by atoms with E-state index in [9.17, 15) is 14.7 Å². The van der Waals surface area contributed by atoms with Crippen molar-refractivity contribution in [2.45, 2.75) is 13.0 Å². The number of aliphatic hydroxyl groups excluding tert-OH is 1. The highest BCUT2D eigenvalue weighted by Gasteiger charge is 2.46. The van der Waals surface area contributed by atoms with Crippen molar-refractivity contribution in [1.82, 2.24) is 19.2 Å². The largest absolute Gasteiger partial charge is 0.505 e. The summed E-state index contributed by atoms with van der Waals surface area (Å²) in [4.78, 5) is 34.9. The predicted octanol–water partition coefficient (Wildman–Crippen LogP) is 3.16. The summed E-state index contributed by atoms with van der Waals surface area (Å²) in [5.74, 6) is -1.51. The number of carbonyl (C=O) groups is 2. The Labute approximate surface area is 205 Å². The van der Waals surface area contributed by atoms with Crippen LogP contribution in [0, 0.1) is 6.92 Å². The van der Waals surface area contributed by atoms with Crippen molar-refractivity contribution in [2.75, 3.05) is 39.4 Å². The van der Waals surface area contributed by atoms with Crippen LogP contribution in [0.1, 0.15) is 23.0 Å². The summed E-state index contributed by atoms with van der Waals surface area (Å²) >= 11 is 3.50. The van der Waals surface area contributed by atoms with Gasteiger partial charge in [0.05, 0.1) is 30.5 Å². The summed E-state index contributed by atoms with van der Waals surface area (Å²) in [5.41, 5.74) is 2.49. The van der Waals surface area contributed by atoms with E-state index in [-0.39, 0.29) is 11.3 Å². The van der Waals surface area contributed by atoms with Gasteiger partial charge in [-0.05, 0) is 36.8 Å². The molecule has 1 atom stereocenters. The second kappa shape index (κ2) is 9.32. The third kappa shape index (κ3) is 4.04. The van der Waals surface area contributed by atoms with Crippen LogP contribution in [0.15, 0.2) is 58.7 Å².